The van der Waals surface area contributed by atoms with E-state index < -0.39 is 17.7 Å². The number of carbonyl (C=O) groups excluding carboxylic acids is 2. The number of Topliss-reactive ketones (excluding diaryl/α,β-unsaturated/α-hetero) is 1. The maximum absolute atomic E-state index is 13.4. The number of aliphatic hydroxyl groups excluding tert-OH is 1. The molecular formula is C28H27NO4. The average molecular weight is 442 g/mol. The van der Waals surface area contributed by atoms with Gasteiger partial charge < -0.3 is 9.84 Å². The van der Waals surface area contributed by atoms with E-state index in [-0.39, 0.29) is 11.3 Å². The molecule has 5 nitrogen and oxygen atoms in total. The molecule has 0 bridgehead atoms. The summed E-state index contributed by atoms with van der Waals surface area (Å²) in [5.41, 5.74) is 4.57. The van der Waals surface area contributed by atoms with E-state index in [4.69, 9.17) is 4.74 Å². The van der Waals surface area contributed by atoms with E-state index in [1.54, 1.807) is 0 Å². The van der Waals surface area contributed by atoms with Crippen LogP contribution in [0.25, 0.3) is 5.76 Å². The summed E-state index contributed by atoms with van der Waals surface area (Å²) in [6.45, 7) is 8.07. The number of hydrogen-bond donors (Lipinski definition) is 1. The van der Waals surface area contributed by atoms with E-state index in [0.29, 0.717) is 29.2 Å². The Morgan fingerprint density at radius 1 is 0.939 bits per heavy atom. The second-order valence-electron chi connectivity index (χ2n) is 8.28. The van der Waals surface area contributed by atoms with E-state index in [0.717, 1.165) is 16.7 Å². The van der Waals surface area contributed by atoms with Gasteiger partial charge in [0.1, 0.15) is 11.5 Å². The summed E-state index contributed by atoms with van der Waals surface area (Å²) in [6.07, 6.45) is 0. The van der Waals surface area contributed by atoms with E-state index in [2.05, 4.69) is 0 Å². The zero-order valence-electron chi connectivity index (χ0n) is 19.3. The number of carbonyl (C=O) groups is 2. The number of rotatable bonds is 5. The van der Waals surface area contributed by atoms with Crippen LogP contribution >= 0.6 is 0 Å². The Bertz CT molecular complexity index is 1270. The van der Waals surface area contributed by atoms with Crippen molar-refractivity contribution in [2.45, 2.75) is 33.7 Å². The predicted octanol–water partition coefficient (Wildman–Crippen LogP) is 5.64. The number of hydrogen-bond acceptors (Lipinski definition) is 4. The van der Waals surface area contributed by atoms with Gasteiger partial charge in [0.25, 0.3) is 11.7 Å². The highest BCUT2D eigenvalue weighted by atomic mass is 16.5. The highest BCUT2D eigenvalue weighted by molar-refractivity contribution is 6.51. The number of ketones is 1. The fraction of sp³-hybridized carbons (Fsp3) is 0.214. The van der Waals surface area contributed by atoms with Gasteiger partial charge in [0.05, 0.1) is 18.2 Å². The second-order valence-corrected chi connectivity index (χ2v) is 8.28. The number of nitrogens with zero attached hydrogens (tertiary/aromatic N) is 1. The summed E-state index contributed by atoms with van der Waals surface area (Å²) in [7, 11) is 0. The molecule has 0 aliphatic carbocycles. The zero-order valence-corrected chi connectivity index (χ0v) is 19.3. The van der Waals surface area contributed by atoms with Gasteiger partial charge in [0.15, 0.2) is 0 Å². The van der Waals surface area contributed by atoms with Gasteiger partial charge in [-0.15, -0.1) is 0 Å². The minimum absolute atomic E-state index is 0.0746. The van der Waals surface area contributed by atoms with Crippen LogP contribution in [0.4, 0.5) is 5.69 Å². The molecule has 33 heavy (non-hydrogen) atoms. The fourth-order valence-corrected chi connectivity index (χ4v) is 4.31. The monoisotopic (exact) mass is 441 g/mol. The standard InChI is InChI=1S/C28H27NO4/c1-5-33-21-11-8-10-20(16-21)25-24(26(30)22-15-17(2)13-14-18(22)3)27(31)28(32)29(25)23-12-7-6-9-19(23)4/h6-16,25,30H,5H2,1-4H3/b26-24+. The van der Waals surface area contributed by atoms with Crippen molar-refractivity contribution in [3.63, 3.8) is 0 Å². The quantitative estimate of drug-likeness (QED) is 0.316. The summed E-state index contributed by atoms with van der Waals surface area (Å²) >= 11 is 0. The van der Waals surface area contributed by atoms with Crippen molar-refractivity contribution in [3.05, 3.63) is 100 Å². The Balaban J connectivity index is 2.00. The Labute approximate surface area is 193 Å². The van der Waals surface area contributed by atoms with Crippen LogP contribution in [-0.4, -0.2) is 23.4 Å². The molecule has 1 heterocycles. The van der Waals surface area contributed by atoms with Crippen LogP contribution in [-0.2, 0) is 9.59 Å². The lowest BCUT2D eigenvalue weighted by Crippen LogP contribution is -2.30. The van der Waals surface area contributed by atoms with Crippen molar-refractivity contribution in [1.29, 1.82) is 0 Å². The summed E-state index contributed by atoms with van der Waals surface area (Å²) in [5.74, 6) is -0.902. The Hall–Kier alpha value is -3.86. The molecule has 1 aliphatic rings. The van der Waals surface area contributed by atoms with Crippen LogP contribution in [0, 0.1) is 20.8 Å². The molecule has 0 radical (unpaired) electrons. The first-order valence-corrected chi connectivity index (χ1v) is 11.0. The fourth-order valence-electron chi connectivity index (χ4n) is 4.31. The number of aryl methyl sites for hydroxylation is 3. The first-order valence-electron chi connectivity index (χ1n) is 11.0. The molecule has 5 heteroatoms. The number of para-hydroxylation sites is 1. The van der Waals surface area contributed by atoms with Crippen molar-refractivity contribution in [2.75, 3.05) is 11.5 Å². The summed E-state index contributed by atoms with van der Waals surface area (Å²) < 4.78 is 5.67. The number of benzene rings is 3. The molecule has 3 aromatic rings. The molecule has 1 atom stereocenters. The minimum Gasteiger partial charge on any atom is -0.507 e. The summed E-state index contributed by atoms with van der Waals surface area (Å²) in [5, 5.41) is 11.4. The van der Waals surface area contributed by atoms with Crippen molar-refractivity contribution in [3.8, 4) is 5.75 Å². The maximum atomic E-state index is 13.4. The third kappa shape index (κ3) is 4.02. The Morgan fingerprint density at radius 2 is 1.70 bits per heavy atom. The smallest absolute Gasteiger partial charge is 0.300 e. The van der Waals surface area contributed by atoms with Gasteiger partial charge in [0, 0.05) is 11.3 Å². The molecule has 3 aromatic carbocycles. The van der Waals surface area contributed by atoms with Crippen molar-refractivity contribution in [1.82, 2.24) is 0 Å². The third-order valence-electron chi connectivity index (χ3n) is 5.95. The largest absolute Gasteiger partial charge is 0.507 e. The van der Waals surface area contributed by atoms with Crippen molar-refractivity contribution in [2.24, 2.45) is 0 Å². The van der Waals surface area contributed by atoms with Gasteiger partial charge in [0.2, 0.25) is 0 Å². The lowest BCUT2D eigenvalue weighted by atomic mass is 9.93. The molecule has 4 rings (SSSR count). The lowest BCUT2D eigenvalue weighted by molar-refractivity contribution is -0.132. The van der Waals surface area contributed by atoms with Gasteiger partial charge >= 0.3 is 0 Å². The van der Waals surface area contributed by atoms with Gasteiger partial charge in [-0.1, -0.05) is 48.0 Å². The number of aliphatic hydroxyl groups is 1. The molecule has 0 saturated carbocycles. The van der Waals surface area contributed by atoms with Gasteiger partial charge in [-0.25, -0.2) is 0 Å². The van der Waals surface area contributed by atoms with Crippen LogP contribution in [0.15, 0.2) is 72.3 Å². The van der Waals surface area contributed by atoms with Crippen LogP contribution in [0.5, 0.6) is 5.75 Å². The van der Waals surface area contributed by atoms with E-state index >= 15 is 0 Å². The number of anilines is 1. The highest BCUT2D eigenvalue weighted by Gasteiger charge is 2.47. The lowest BCUT2D eigenvalue weighted by Gasteiger charge is -2.27. The first kappa shape index (κ1) is 22.3. The number of amides is 1. The molecule has 168 valence electrons. The van der Waals surface area contributed by atoms with Crippen LogP contribution in [0.1, 0.15) is 40.8 Å². The average Bonchev–Trinajstić information content (AvgIpc) is 3.06. The van der Waals surface area contributed by atoms with Gasteiger partial charge in [-0.2, -0.15) is 0 Å². The normalized spacial score (nSPS) is 17.5. The number of ether oxygens (including phenoxy) is 1. The Kier molecular flexibility index (Phi) is 6.05. The SMILES string of the molecule is CCOc1cccc(C2/C(=C(\O)c3cc(C)ccc3C)C(=O)C(=O)N2c2ccccc2C)c1. The molecule has 1 saturated heterocycles. The molecular weight excluding hydrogens is 414 g/mol. The summed E-state index contributed by atoms with van der Waals surface area (Å²) in [4.78, 5) is 28.2. The molecule has 1 N–H and O–H groups in total. The summed E-state index contributed by atoms with van der Waals surface area (Å²) in [6, 6.07) is 19.6. The molecule has 1 fully saturated rings. The first-order chi connectivity index (χ1) is 15.8. The van der Waals surface area contributed by atoms with Crippen LogP contribution < -0.4 is 9.64 Å². The molecule has 1 aliphatic heterocycles. The third-order valence-corrected chi connectivity index (χ3v) is 5.95. The van der Waals surface area contributed by atoms with Gasteiger partial charge in [-0.3, -0.25) is 14.5 Å². The van der Waals surface area contributed by atoms with Gasteiger partial charge in [-0.05, 0) is 68.7 Å². The van der Waals surface area contributed by atoms with Crippen molar-refractivity contribution >= 4 is 23.1 Å². The molecule has 1 amide bonds. The van der Waals surface area contributed by atoms with E-state index in [9.17, 15) is 14.7 Å². The second kappa shape index (κ2) is 8.94. The molecule has 0 spiro atoms. The van der Waals surface area contributed by atoms with E-state index in [1.165, 1.54) is 4.90 Å². The van der Waals surface area contributed by atoms with Crippen molar-refractivity contribution < 1.29 is 19.4 Å². The van der Waals surface area contributed by atoms with Crippen LogP contribution in [0.2, 0.25) is 0 Å². The predicted molar refractivity (Wildman–Crippen MR) is 129 cm³/mol. The minimum atomic E-state index is -0.786. The highest BCUT2D eigenvalue weighted by Crippen LogP contribution is 2.44. The topological polar surface area (TPSA) is 66.8 Å². The Morgan fingerprint density at radius 3 is 2.42 bits per heavy atom. The van der Waals surface area contributed by atoms with E-state index in [1.807, 2.05) is 94.4 Å². The molecule has 0 aromatic heterocycles. The zero-order chi connectivity index (χ0) is 23.7. The molecule has 1 unspecified atom stereocenters. The van der Waals surface area contributed by atoms with Crippen LogP contribution in [0.3, 0.4) is 0 Å². The maximum Gasteiger partial charge on any atom is 0.300 e.